The van der Waals surface area contributed by atoms with E-state index in [2.05, 4.69) is 21.6 Å². The van der Waals surface area contributed by atoms with Crippen LogP contribution in [0.3, 0.4) is 0 Å². The van der Waals surface area contributed by atoms with E-state index in [9.17, 15) is 0 Å². The molecule has 0 atom stereocenters. The summed E-state index contributed by atoms with van der Waals surface area (Å²) in [5.41, 5.74) is 2.86. The van der Waals surface area contributed by atoms with Crippen LogP contribution >= 0.6 is 0 Å². The Kier molecular flexibility index (Phi) is 6.49. The summed E-state index contributed by atoms with van der Waals surface area (Å²) in [6, 6.07) is 13.7. The molecule has 1 aliphatic carbocycles. The van der Waals surface area contributed by atoms with Crippen LogP contribution in [0, 0.1) is 0 Å². The summed E-state index contributed by atoms with van der Waals surface area (Å²) >= 11 is 0. The third kappa shape index (κ3) is 4.55. The summed E-state index contributed by atoms with van der Waals surface area (Å²) in [6.07, 6.45) is 1.08. The summed E-state index contributed by atoms with van der Waals surface area (Å²) in [7, 11) is 1.64. The first-order chi connectivity index (χ1) is 15.2. The SMILES string of the molecule is COc1cccc(Nc2[nH][nH]c3c4cc(OCCCO)c(OCCCO)cc4cc2-3)c1. The van der Waals surface area contributed by atoms with Crippen molar-refractivity contribution in [3.63, 3.8) is 0 Å². The molecule has 0 amide bonds. The van der Waals surface area contributed by atoms with E-state index in [1.54, 1.807) is 7.11 Å². The average molecular weight is 425 g/mol. The van der Waals surface area contributed by atoms with E-state index in [-0.39, 0.29) is 13.2 Å². The predicted molar refractivity (Wildman–Crippen MR) is 120 cm³/mol. The second-order valence-electron chi connectivity index (χ2n) is 7.15. The number of aliphatic hydroxyl groups is 2. The van der Waals surface area contributed by atoms with Crippen LogP contribution < -0.4 is 19.5 Å². The number of aromatic amines is 2. The van der Waals surface area contributed by atoms with E-state index in [0.717, 1.165) is 39.3 Å². The first-order valence-electron chi connectivity index (χ1n) is 10.3. The Labute approximate surface area is 180 Å². The molecule has 2 aromatic carbocycles. The van der Waals surface area contributed by atoms with Crippen LogP contribution in [0.15, 0.2) is 42.5 Å². The number of hydrogen-bond acceptors (Lipinski definition) is 6. The van der Waals surface area contributed by atoms with E-state index in [0.29, 0.717) is 37.6 Å². The molecule has 0 saturated carbocycles. The number of hydrogen-bond donors (Lipinski definition) is 5. The number of ether oxygens (including phenoxy) is 3. The fourth-order valence-electron chi connectivity index (χ4n) is 3.47. The van der Waals surface area contributed by atoms with Gasteiger partial charge in [-0.15, -0.1) is 0 Å². The third-order valence-corrected chi connectivity index (χ3v) is 5.00. The highest BCUT2D eigenvalue weighted by molar-refractivity contribution is 6.05. The molecule has 0 unspecified atom stereocenters. The fraction of sp³-hybridized carbons (Fsp3) is 0.304. The molecule has 8 nitrogen and oxygen atoms in total. The van der Waals surface area contributed by atoms with Crippen molar-refractivity contribution in [2.45, 2.75) is 12.8 Å². The molecule has 0 saturated heterocycles. The van der Waals surface area contributed by atoms with Gasteiger partial charge in [-0.1, -0.05) is 6.07 Å². The Morgan fingerprint density at radius 2 is 1.65 bits per heavy atom. The number of aromatic nitrogens is 2. The van der Waals surface area contributed by atoms with Gasteiger partial charge in [-0.05, 0) is 35.7 Å². The fourth-order valence-corrected chi connectivity index (χ4v) is 3.47. The Morgan fingerprint density at radius 1 is 0.903 bits per heavy atom. The maximum absolute atomic E-state index is 9.06. The van der Waals surface area contributed by atoms with Crippen molar-refractivity contribution in [1.82, 2.24) is 10.2 Å². The summed E-state index contributed by atoms with van der Waals surface area (Å²) in [5.74, 6) is 2.85. The van der Waals surface area contributed by atoms with Gasteiger partial charge in [-0.3, -0.25) is 10.2 Å². The van der Waals surface area contributed by atoms with Crippen LogP contribution in [0.1, 0.15) is 12.8 Å². The standard InChI is InChI=1S/C23H27N3O5/c1-29-17-6-2-5-16(13-17)24-23-19-11-15-12-20(30-9-3-7-27)21(31-10-4-8-28)14-18(15)22(19)25-26-23/h2,5-6,11-14,24-28H,3-4,7-10H2,1H3. The quantitative estimate of drug-likeness (QED) is 0.233. The lowest BCUT2D eigenvalue weighted by Crippen LogP contribution is -2.04. The maximum Gasteiger partial charge on any atom is 0.161 e. The van der Waals surface area contributed by atoms with Crippen molar-refractivity contribution in [2.75, 3.05) is 38.9 Å². The molecular formula is C23H27N3O5. The van der Waals surface area contributed by atoms with Crippen molar-refractivity contribution in [2.24, 2.45) is 0 Å². The number of fused-ring (bicyclic) bond motifs is 3. The smallest absolute Gasteiger partial charge is 0.161 e. The van der Waals surface area contributed by atoms with Gasteiger partial charge in [0, 0.05) is 48.8 Å². The van der Waals surface area contributed by atoms with Crippen LogP contribution in [0.4, 0.5) is 11.5 Å². The molecular weight excluding hydrogens is 398 g/mol. The van der Waals surface area contributed by atoms with Crippen molar-refractivity contribution >= 4 is 22.3 Å². The first kappa shape index (κ1) is 20.9. The van der Waals surface area contributed by atoms with Crippen molar-refractivity contribution in [3.05, 3.63) is 42.5 Å². The number of rotatable bonds is 11. The van der Waals surface area contributed by atoms with Gasteiger partial charge in [0.1, 0.15) is 11.6 Å². The zero-order chi connectivity index (χ0) is 21.6. The Balaban J connectivity index is 1.66. The van der Waals surface area contributed by atoms with Gasteiger partial charge in [0.15, 0.2) is 11.5 Å². The molecule has 0 bridgehead atoms. The first-order valence-corrected chi connectivity index (χ1v) is 10.3. The van der Waals surface area contributed by atoms with Crippen LogP contribution in [0.2, 0.25) is 0 Å². The molecule has 1 aliphatic heterocycles. The number of aliphatic hydroxyl groups excluding tert-OH is 2. The maximum atomic E-state index is 9.06. The Hall–Kier alpha value is -3.36. The van der Waals surface area contributed by atoms with Gasteiger partial charge in [0.25, 0.3) is 0 Å². The lowest BCUT2D eigenvalue weighted by Gasteiger charge is -2.13. The zero-order valence-electron chi connectivity index (χ0n) is 17.4. The average Bonchev–Trinajstić information content (AvgIpc) is 3.33. The Morgan fingerprint density at radius 3 is 2.35 bits per heavy atom. The van der Waals surface area contributed by atoms with Gasteiger partial charge >= 0.3 is 0 Å². The minimum absolute atomic E-state index is 0.0639. The van der Waals surface area contributed by atoms with E-state index >= 15 is 0 Å². The summed E-state index contributed by atoms with van der Waals surface area (Å²) < 4.78 is 17.0. The second-order valence-corrected chi connectivity index (χ2v) is 7.15. The zero-order valence-corrected chi connectivity index (χ0v) is 17.4. The summed E-state index contributed by atoms with van der Waals surface area (Å²) in [4.78, 5) is 0. The Bertz CT molecular complexity index is 1100. The van der Waals surface area contributed by atoms with Crippen LogP contribution in [0.5, 0.6) is 17.2 Å². The van der Waals surface area contributed by atoms with E-state index in [1.165, 1.54) is 0 Å². The number of anilines is 2. The molecule has 0 aromatic heterocycles. The van der Waals surface area contributed by atoms with Crippen molar-refractivity contribution < 1.29 is 24.4 Å². The molecule has 0 spiro atoms. The van der Waals surface area contributed by atoms with Crippen LogP contribution in [0.25, 0.3) is 22.0 Å². The lowest BCUT2D eigenvalue weighted by atomic mass is 10.2. The highest BCUT2D eigenvalue weighted by atomic mass is 16.5. The predicted octanol–water partition coefficient (Wildman–Crippen LogP) is 3.88. The van der Waals surface area contributed by atoms with Gasteiger partial charge in [0.05, 0.1) is 26.0 Å². The van der Waals surface area contributed by atoms with Gasteiger partial charge in [0.2, 0.25) is 0 Å². The molecule has 0 fully saturated rings. The van der Waals surface area contributed by atoms with E-state index < -0.39 is 0 Å². The number of benzene rings is 2. The topological polar surface area (TPSA) is 112 Å². The second kappa shape index (κ2) is 9.63. The third-order valence-electron chi connectivity index (χ3n) is 5.00. The highest BCUT2D eigenvalue weighted by Crippen LogP contribution is 2.43. The number of methoxy groups -OCH3 is 1. The molecule has 0 radical (unpaired) electrons. The minimum atomic E-state index is 0.0639. The molecule has 1 heterocycles. The molecule has 8 heteroatoms. The monoisotopic (exact) mass is 425 g/mol. The van der Waals surface area contributed by atoms with Gasteiger partial charge in [-0.25, -0.2) is 0 Å². The molecule has 2 aliphatic rings. The molecule has 164 valence electrons. The van der Waals surface area contributed by atoms with Crippen LogP contribution in [-0.2, 0) is 0 Å². The minimum Gasteiger partial charge on any atom is -0.497 e. The summed E-state index contributed by atoms with van der Waals surface area (Å²) in [6.45, 7) is 0.918. The van der Waals surface area contributed by atoms with Crippen molar-refractivity contribution in [3.8, 4) is 28.5 Å². The van der Waals surface area contributed by atoms with E-state index in [1.807, 2.05) is 36.4 Å². The number of nitrogens with one attached hydrogen (secondary N) is 3. The molecule has 2 aromatic rings. The molecule has 5 N–H and O–H groups in total. The highest BCUT2D eigenvalue weighted by Gasteiger charge is 2.20. The normalized spacial score (nSPS) is 11.2. The molecule has 4 rings (SSSR count). The van der Waals surface area contributed by atoms with Gasteiger partial charge in [-0.2, -0.15) is 0 Å². The number of H-pyrrole nitrogens is 2. The van der Waals surface area contributed by atoms with Gasteiger partial charge < -0.3 is 29.7 Å². The summed E-state index contributed by atoms with van der Waals surface area (Å²) in [5, 5.41) is 29.9. The molecule has 31 heavy (non-hydrogen) atoms. The lowest BCUT2D eigenvalue weighted by molar-refractivity contribution is 0.211. The van der Waals surface area contributed by atoms with Crippen LogP contribution in [-0.4, -0.2) is 53.9 Å². The largest absolute Gasteiger partial charge is 0.497 e. The van der Waals surface area contributed by atoms with E-state index in [4.69, 9.17) is 24.4 Å². The van der Waals surface area contributed by atoms with Crippen molar-refractivity contribution in [1.29, 1.82) is 0 Å².